The van der Waals surface area contributed by atoms with Crippen LogP contribution in [-0.2, 0) is 5.60 Å². The van der Waals surface area contributed by atoms with Crippen molar-refractivity contribution in [3.8, 4) is 17.3 Å². The molecule has 2 aromatic heterocycles. The number of aromatic nitrogens is 5. The minimum absolute atomic E-state index is 0.365. The Kier molecular flexibility index (Phi) is 6.43. The van der Waals surface area contributed by atoms with E-state index in [4.69, 9.17) is 4.74 Å². The minimum atomic E-state index is -1.47. The number of aryl methyl sites for hydroxylation is 2. The Bertz CT molecular complexity index is 1290. The predicted molar refractivity (Wildman–Crippen MR) is 131 cm³/mol. The van der Waals surface area contributed by atoms with E-state index in [-0.39, 0.29) is 0 Å². The molecule has 0 saturated carbocycles. The maximum atomic E-state index is 12.4. The number of nitrogens with zero attached hydrogens (tertiary/aromatic N) is 5. The number of hydrogen-bond acceptors (Lipinski definition) is 7. The third-order valence-corrected chi connectivity index (χ3v) is 6.01. The van der Waals surface area contributed by atoms with Crippen molar-refractivity contribution in [1.29, 1.82) is 0 Å². The monoisotopic (exact) mass is 456 g/mol. The first kappa shape index (κ1) is 23.1. The Labute approximate surface area is 198 Å². The SMILES string of the molecule is C=C(N(CC)c1cc(-c2nn[nH]n2)c(OC)nc1C)C(O)(c1ccccc1)c1ccccc1C. The molecule has 0 aliphatic carbocycles. The molecule has 34 heavy (non-hydrogen) atoms. The molecule has 2 heterocycles. The van der Waals surface area contributed by atoms with Gasteiger partial charge in [-0.25, -0.2) is 4.98 Å². The first-order valence-electron chi connectivity index (χ1n) is 11.0. The highest BCUT2D eigenvalue weighted by Crippen LogP contribution is 2.42. The van der Waals surface area contributed by atoms with Gasteiger partial charge in [0.15, 0.2) is 5.60 Å². The van der Waals surface area contributed by atoms with Gasteiger partial charge in [0.2, 0.25) is 11.7 Å². The third kappa shape index (κ3) is 3.92. The lowest BCUT2D eigenvalue weighted by molar-refractivity contribution is 0.117. The number of rotatable bonds is 8. The highest BCUT2D eigenvalue weighted by Gasteiger charge is 2.39. The molecule has 0 bridgehead atoms. The van der Waals surface area contributed by atoms with Crippen molar-refractivity contribution in [2.45, 2.75) is 26.4 Å². The molecule has 0 fully saturated rings. The number of benzene rings is 2. The summed E-state index contributed by atoms with van der Waals surface area (Å²) in [7, 11) is 1.55. The van der Waals surface area contributed by atoms with E-state index in [0.717, 1.165) is 22.4 Å². The van der Waals surface area contributed by atoms with Crippen molar-refractivity contribution >= 4 is 5.69 Å². The highest BCUT2D eigenvalue weighted by atomic mass is 16.5. The van der Waals surface area contributed by atoms with E-state index in [1.165, 1.54) is 0 Å². The zero-order valence-corrected chi connectivity index (χ0v) is 19.8. The molecule has 2 N–H and O–H groups in total. The number of methoxy groups -OCH3 is 1. The number of tetrazole rings is 1. The van der Waals surface area contributed by atoms with Gasteiger partial charge in [0, 0.05) is 6.54 Å². The van der Waals surface area contributed by atoms with Gasteiger partial charge in [0.05, 0.1) is 29.8 Å². The molecule has 4 aromatic rings. The predicted octanol–water partition coefficient (Wildman–Crippen LogP) is 4.16. The van der Waals surface area contributed by atoms with Crippen LogP contribution in [0.1, 0.15) is 29.3 Å². The summed E-state index contributed by atoms with van der Waals surface area (Å²) in [5, 5.41) is 26.7. The lowest BCUT2D eigenvalue weighted by Gasteiger charge is -2.39. The van der Waals surface area contributed by atoms with Crippen LogP contribution in [0, 0.1) is 13.8 Å². The summed E-state index contributed by atoms with van der Waals surface area (Å²) in [6.07, 6.45) is 0. The zero-order chi connectivity index (χ0) is 24.3. The quantitative estimate of drug-likeness (QED) is 0.411. The lowest BCUT2D eigenvalue weighted by Crippen LogP contribution is -2.40. The van der Waals surface area contributed by atoms with Crippen LogP contribution in [0.3, 0.4) is 0 Å². The van der Waals surface area contributed by atoms with Crippen LogP contribution in [0.15, 0.2) is 72.9 Å². The zero-order valence-electron chi connectivity index (χ0n) is 19.8. The number of ether oxygens (including phenoxy) is 1. The maximum absolute atomic E-state index is 12.4. The highest BCUT2D eigenvalue weighted by molar-refractivity contribution is 5.71. The van der Waals surface area contributed by atoms with Crippen molar-refractivity contribution in [3.63, 3.8) is 0 Å². The topological polar surface area (TPSA) is 100 Å². The molecule has 8 heteroatoms. The average molecular weight is 457 g/mol. The fourth-order valence-electron chi connectivity index (χ4n) is 4.28. The van der Waals surface area contributed by atoms with Gasteiger partial charge in [-0.3, -0.25) is 0 Å². The number of hydrogen-bond donors (Lipinski definition) is 2. The first-order valence-corrected chi connectivity index (χ1v) is 11.0. The molecule has 0 aliphatic heterocycles. The molecule has 2 aromatic carbocycles. The number of H-pyrrole nitrogens is 1. The van der Waals surface area contributed by atoms with Gasteiger partial charge in [-0.1, -0.05) is 61.2 Å². The Morgan fingerprint density at radius 2 is 1.82 bits per heavy atom. The van der Waals surface area contributed by atoms with Crippen LogP contribution in [0.4, 0.5) is 5.69 Å². The summed E-state index contributed by atoms with van der Waals surface area (Å²) >= 11 is 0. The molecular formula is C26H28N6O2. The van der Waals surface area contributed by atoms with Gasteiger partial charge in [0.1, 0.15) is 0 Å². The fourth-order valence-corrected chi connectivity index (χ4v) is 4.28. The van der Waals surface area contributed by atoms with Crippen molar-refractivity contribution in [3.05, 3.63) is 95.3 Å². The first-order chi connectivity index (χ1) is 16.4. The van der Waals surface area contributed by atoms with E-state index >= 15 is 0 Å². The number of likely N-dealkylation sites (N-methyl/N-ethyl adjacent to an activating group) is 1. The molecular weight excluding hydrogens is 428 g/mol. The lowest BCUT2D eigenvalue weighted by atomic mass is 9.81. The van der Waals surface area contributed by atoms with Gasteiger partial charge in [-0.15, -0.1) is 10.2 Å². The van der Waals surface area contributed by atoms with Gasteiger partial charge < -0.3 is 14.7 Å². The second-order valence-electron chi connectivity index (χ2n) is 7.97. The number of aliphatic hydroxyl groups is 1. The smallest absolute Gasteiger partial charge is 0.224 e. The molecule has 8 nitrogen and oxygen atoms in total. The van der Waals surface area contributed by atoms with E-state index in [1.807, 2.05) is 86.3 Å². The Balaban J connectivity index is 1.90. The van der Waals surface area contributed by atoms with E-state index < -0.39 is 5.60 Å². The van der Waals surface area contributed by atoms with E-state index in [0.29, 0.717) is 35.2 Å². The molecule has 1 atom stereocenters. The summed E-state index contributed by atoms with van der Waals surface area (Å²) in [5.41, 5.74) is 3.55. The molecule has 1 unspecified atom stereocenters. The summed E-state index contributed by atoms with van der Waals surface area (Å²) in [6.45, 7) is 10.8. The number of nitrogens with one attached hydrogen (secondary N) is 1. The minimum Gasteiger partial charge on any atom is -0.480 e. The third-order valence-electron chi connectivity index (χ3n) is 6.01. The average Bonchev–Trinajstić information content (AvgIpc) is 3.40. The molecule has 0 radical (unpaired) electrons. The van der Waals surface area contributed by atoms with Crippen molar-refractivity contribution in [2.24, 2.45) is 0 Å². The van der Waals surface area contributed by atoms with Crippen molar-refractivity contribution < 1.29 is 9.84 Å². The Hall–Kier alpha value is -4.04. The van der Waals surface area contributed by atoms with Gasteiger partial charge in [-0.2, -0.15) is 5.21 Å². The van der Waals surface area contributed by atoms with Crippen LogP contribution in [0.2, 0.25) is 0 Å². The standard InChI is InChI=1S/C26H28N6O2/c1-6-32(23-16-21(24-28-30-31-29-24)25(34-5)27-18(23)3)19(4)26(33,20-13-8-7-9-14-20)22-15-11-10-12-17(22)2/h7-16,33H,4,6H2,1-3,5H3,(H,28,29,30,31). The van der Waals surface area contributed by atoms with Gasteiger partial charge >= 0.3 is 0 Å². The van der Waals surface area contributed by atoms with Gasteiger partial charge in [-0.05, 0) is 48.7 Å². The Morgan fingerprint density at radius 3 is 2.44 bits per heavy atom. The largest absolute Gasteiger partial charge is 0.480 e. The second kappa shape index (κ2) is 9.44. The van der Waals surface area contributed by atoms with Crippen molar-refractivity contribution in [1.82, 2.24) is 25.6 Å². The molecule has 4 rings (SSSR count). The van der Waals surface area contributed by atoms with E-state index in [9.17, 15) is 5.11 Å². The number of aromatic amines is 1. The number of anilines is 1. The normalized spacial score (nSPS) is 12.7. The summed E-state index contributed by atoms with van der Waals surface area (Å²) < 4.78 is 5.48. The second-order valence-corrected chi connectivity index (χ2v) is 7.97. The van der Waals surface area contributed by atoms with Crippen molar-refractivity contribution in [2.75, 3.05) is 18.6 Å². The van der Waals surface area contributed by atoms with Gasteiger partial charge in [0.25, 0.3) is 0 Å². The van der Waals surface area contributed by atoms with Crippen LogP contribution >= 0.6 is 0 Å². The van der Waals surface area contributed by atoms with E-state index in [2.05, 4.69) is 32.2 Å². The Morgan fingerprint density at radius 1 is 1.12 bits per heavy atom. The summed E-state index contributed by atoms with van der Waals surface area (Å²) in [5.74, 6) is 0.756. The molecule has 174 valence electrons. The molecule has 0 spiro atoms. The summed E-state index contributed by atoms with van der Waals surface area (Å²) in [4.78, 5) is 6.60. The molecule has 0 aliphatic rings. The van der Waals surface area contributed by atoms with Crippen LogP contribution in [0.25, 0.3) is 11.4 Å². The van der Waals surface area contributed by atoms with E-state index in [1.54, 1.807) is 7.11 Å². The van der Waals surface area contributed by atoms with Crippen LogP contribution < -0.4 is 9.64 Å². The van der Waals surface area contributed by atoms with Crippen LogP contribution in [-0.4, -0.2) is 44.4 Å². The maximum Gasteiger partial charge on any atom is 0.224 e. The molecule has 0 amide bonds. The number of pyridine rings is 1. The van der Waals surface area contributed by atoms with Crippen LogP contribution in [0.5, 0.6) is 5.88 Å². The fraction of sp³-hybridized carbons (Fsp3) is 0.231. The summed E-state index contributed by atoms with van der Waals surface area (Å²) in [6, 6.07) is 19.3. The molecule has 0 saturated heterocycles.